The van der Waals surface area contributed by atoms with Gasteiger partial charge in [-0.25, -0.2) is 4.39 Å². The third kappa shape index (κ3) is 2.68. The van der Waals surface area contributed by atoms with Gasteiger partial charge in [0.15, 0.2) is 0 Å². The molecule has 0 amide bonds. The number of pyridine rings is 1. The van der Waals surface area contributed by atoms with Crippen LogP contribution >= 0.6 is 0 Å². The van der Waals surface area contributed by atoms with E-state index in [-0.39, 0.29) is 5.82 Å². The van der Waals surface area contributed by atoms with Crippen LogP contribution in [-0.4, -0.2) is 14.8 Å². The van der Waals surface area contributed by atoms with E-state index in [4.69, 9.17) is 5.73 Å². The van der Waals surface area contributed by atoms with Crippen LogP contribution in [0.1, 0.15) is 18.2 Å². The molecule has 0 aliphatic heterocycles. The summed E-state index contributed by atoms with van der Waals surface area (Å²) in [5, 5.41) is 4.09. The molecule has 0 spiro atoms. The normalized spacial score (nSPS) is 14.6. The third-order valence-electron chi connectivity index (χ3n) is 2.64. The Bertz CT molecular complexity index is 501. The highest BCUT2D eigenvalue weighted by atomic mass is 19.1. The Hall–Kier alpha value is -1.75. The molecule has 2 rings (SSSR count). The quantitative estimate of drug-likeness (QED) is 0.872. The molecule has 0 fully saturated rings. The Morgan fingerprint density at radius 2 is 2.18 bits per heavy atom. The number of aromatic nitrogens is 3. The summed E-state index contributed by atoms with van der Waals surface area (Å²) in [4.78, 5) is 4.03. The molecule has 1 unspecified atom stereocenters. The summed E-state index contributed by atoms with van der Waals surface area (Å²) >= 11 is 0. The number of halogens is 1. The predicted octanol–water partition coefficient (Wildman–Crippen LogP) is 1.37. The van der Waals surface area contributed by atoms with Gasteiger partial charge >= 0.3 is 0 Å². The van der Waals surface area contributed by atoms with Gasteiger partial charge in [0.05, 0.1) is 23.6 Å². The fourth-order valence-corrected chi connectivity index (χ4v) is 1.79. The average molecular weight is 234 g/mol. The van der Waals surface area contributed by atoms with Crippen LogP contribution in [0, 0.1) is 5.82 Å². The predicted molar refractivity (Wildman–Crippen MR) is 62.6 cm³/mol. The molecule has 2 heterocycles. The Kier molecular flexibility index (Phi) is 2.93. The molecule has 2 aromatic rings. The average Bonchev–Trinajstić information content (AvgIpc) is 2.63. The maximum atomic E-state index is 12.8. The first kappa shape index (κ1) is 11.7. The maximum absolute atomic E-state index is 12.8. The lowest BCUT2D eigenvalue weighted by molar-refractivity contribution is 0.472. The zero-order valence-corrected chi connectivity index (χ0v) is 9.89. The molecule has 0 saturated heterocycles. The van der Waals surface area contributed by atoms with Gasteiger partial charge in [0.1, 0.15) is 5.82 Å². The van der Waals surface area contributed by atoms with Crippen LogP contribution in [0.15, 0.2) is 30.7 Å². The van der Waals surface area contributed by atoms with Gasteiger partial charge in [0, 0.05) is 13.2 Å². The van der Waals surface area contributed by atoms with Crippen molar-refractivity contribution in [2.45, 2.75) is 18.9 Å². The third-order valence-corrected chi connectivity index (χ3v) is 2.64. The van der Waals surface area contributed by atoms with E-state index in [0.29, 0.717) is 12.1 Å². The summed E-state index contributed by atoms with van der Waals surface area (Å²) in [5.74, 6) is -0.356. The zero-order chi connectivity index (χ0) is 12.5. The first-order valence-corrected chi connectivity index (χ1v) is 5.36. The van der Waals surface area contributed by atoms with Crippen molar-refractivity contribution in [1.82, 2.24) is 14.8 Å². The standard InChI is InChI=1S/C12H15FN4/c1-12(14,5-9-6-16-17(2)8-9)11-4-3-10(13)7-15-11/h3-4,6-8H,5,14H2,1-2H3. The van der Waals surface area contributed by atoms with Crippen molar-refractivity contribution >= 4 is 0 Å². The van der Waals surface area contributed by atoms with Gasteiger partial charge in [-0.15, -0.1) is 0 Å². The molecule has 90 valence electrons. The molecule has 2 N–H and O–H groups in total. The van der Waals surface area contributed by atoms with Crippen LogP contribution < -0.4 is 5.73 Å². The van der Waals surface area contributed by atoms with Crippen molar-refractivity contribution in [3.8, 4) is 0 Å². The Labute approximate surface area is 99.3 Å². The van der Waals surface area contributed by atoms with Crippen LogP contribution in [0.25, 0.3) is 0 Å². The molecule has 0 aliphatic rings. The van der Waals surface area contributed by atoms with Gasteiger partial charge in [-0.1, -0.05) is 0 Å². The smallest absolute Gasteiger partial charge is 0.141 e. The number of rotatable bonds is 3. The summed E-state index contributed by atoms with van der Waals surface area (Å²) in [6, 6.07) is 2.99. The fourth-order valence-electron chi connectivity index (χ4n) is 1.79. The van der Waals surface area contributed by atoms with E-state index in [2.05, 4.69) is 10.1 Å². The minimum absolute atomic E-state index is 0.356. The summed E-state index contributed by atoms with van der Waals surface area (Å²) in [5.41, 5.74) is 7.28. The molecule has 17 heavy (non-hydrogen) atoms. The van der Waals surface area contributed by atoms with E-state index in [1.54, 1.807) is 16.9 Å². The molecule has 5 heteroatoms. The number of hydrogen-bond donors (Lipinski definition) is 1. The molecule has 0 bridgehead atoms. The number of nitrogens with two attached hydrogens (primary N) is 1. The molecule has 0 aliphatic carbocycles. The topological polar surface area (TPSA) is 56.7 Å². The number of hydrogen-bond acceptors (Lipinski definition) is 3. The van der Waals surface area contributed by atoms with Crippen LogP contribution in [0.3, 0.4) is 0 Å². The van der Waals surface area contributed by atoms with Crippen molar-refractivity contribution in [3.05, 3.63) is 47.8 Å². The van der Waals surface area contributed by atoms with Gasteiger partial charge < -0.3 is 5.73 Å². The first-order valence-electron chi connectivity index (χ1n) is 5.36. The zero-order valence-electron chi connectivity index (χ0n) is 9.89. The van der Waals surface area contributed by atoms with Crippen molar-refractivity contribution < 1.29 is 4.39 Å². The second kappa shape index (κ2) is 4.25. The van der Waals surface area contributed by atoms with Gasteiger partial charge in [0.2, 0.25) is 0 Å². The SMILES string of the molecule is Cn1cc(CC(C)(N)c2ccc(F)cn2)cn1. The molecule has 1 atom stereocenters. The Morgan fingerprint density at radius 3 is 2.71 bits per heavy atom. The van der Waals surface area contributed by atoms with Gasteiger partial charge in [-0.3, -0.25) is 9.67 Å². The summed E-state index contributed by atoms with van der Waals surface area (Å²) in [6.07, 6.45) is 5.48. The van der Waals surface area contributed by atoms with Crippen LogP contribution in [0.4, 0.5) is 4.39 Å². The van der Waals surface area contributed by atoms with Gasteiger partial charge in [0.25, 0.3) is 0 Å². The highest BCUT2D eigenvalue weighted by Crippen LogP contribution is 2.20. The van der Waals surface area contributed by atoms with Crippen molar-refractivity contribution in [2.75, 3.05) is 0 Å². The van der Waals surface area contributed by atoms with E-state index < -0.39 is 5.54 Å². The Morgan fingerprint density at radius 1 is 1.41 bits per heavy atom. The van der Waals surface area contributed by atoms with Crippen molar-refractivity contribution in [2.24, 2.45) is 12.8 Å². The van der Waals surface area contributed by atoms with Crippen LogP contribution in [0.5, 0.6) is 0 Å². The lowest BCUT2D eigenvalue weighted by atomic mass is 9.91. The van der Waals surface area contributed by atoms with Crippen molar-refractivity contribution in [3.63, 3.8) is 0 Å². The molecular formula is C12H15FN4. The molecule has 4 nitrogen and oxygen atoms in total. The number of aryl methyl sites for hydroxylation is 1. The minimum Gasteiger partial charge on any atom is -0.320 e. The van der Waals surface area contributed by atoms with Crippen LogP contribution in [0.2, 0.25) is 0 Å². The van der Waals surface area contributed by atoms with Gasteiger partial charge in [-0.2, -0.15) is 5.10 Å². The van der Waals surface area contributed by atoms with E-state index >= 15 is 0 Å². The van der Waals surface area contributed by atoms with E-state index in [9.17, 15) is 4.39 Å². The highest BCUT2D eigenvalue weighted by Gasteiger charge is 2.23. The Balaban J connectivity index is 2.21. The molecule has 2 aromatic heterocycles. The largest absolute Gasteiger partial charge is 0.320 e. The molecule has 0 saturated carbocycles. The number of nitrogens with zero attached hydrogens (tertiary/aromatic N) is 3. The second-order valence-corrected chi connectivity index (χ2v) is 4.48. The maximum Gasteiger partial charge on any atom is 0.141 e. The second-order valence-electron chi connectivity index (χ2n) is 4.48. The summed E-state index contributed by atoms with van der Waals surface area (Å²) in [7, 11) is 1.85. The minimum atomic E-state index is -0.628. The first-order chi connectivity index (χ1) is 7.97. The molecule has 0 radical (unpaired) electrons. The molecular weight excluding hydrogens is 219 g/mol. The summed E-state index contributed by atoms with van der Waals surface area (Å²) < 4.78 is 14.5. The van der Waals surface area contributed by atoms with E-state index in [1.807, 2.05) is 20.2 Å². The molecule has 0 aromatic carbocycles. The van der Waals surface area contributed by atoms with E-state index in [0.717, 1.165) is 5.56 Å². The lowest BCUT2D eigenvalue weighted by Crippen LogP contribution is -2.36. The fraction of sp³-hybridized carbons (Fsp3) is 0.333. The lowest BCUT2D eigenvalue weighted by Gasteiger charge is -2.23. The van der Waals surface area contributed by atoms with Crippen LogP contribution in [-0.2, 0) is 19.0 Å². The van der Waals surface area contributed by atoms with Gasteiger partial charge in [-0.05, 0) is 31.0 Å². The highest BCUT2D eigenvalue weighted by molar-refractivity contribution is 5.19. The summed E-state index contributed by atoms with van der Waals surface area (Å²) in [6.45, 7) is 1.88. The monoisotopic (exact) mass is 234 g/mol. The van der Waals surface area contributed by atoms with Crippen molar-refractivity contribution in [1.29, 1.82) is 0 Å². The van der Waals surface area contributed by atoms with E-state index in [1.165, 1.54) is 12.3 Å².